The van der Waals surface area contributed by atoms with Crippen molar-refractivity contribution in [2.45, 2.75) is 31.7 Å². The van der Waals surface area contributed by atoms with Gasteiger partial charge in [-0.3, -0.25) is 9.89 Å². The summed E-state index contributed by atoms with van der Waals surface area (Å²) in [6.07, 6.45) is 6.41. The van der Waals surface area contributed by atoms with Crippen molar-refractivity contribution in [3.63, 3.8) is 0 Å². The monoisotopic (exact) mass is 368 g/mol. The number of aromatic nitrogens is 5. The van der Waals surface area contributed by atoms with Crippen LogP contribution in [-0.4, -0.2) is 48.9 Å². The molecule has 1 atom stereocenters. The van der Waals surface area contributed by atoms with Crippen molar-refractivity contribution in [2.24, 2.45) is 0 Å². The molecular formula is C19H21FN6O. The third-order valence-electron chi connectivity index (χ3n) is 5.21. The van der Waals surface area contributed by atoms with Gasteiger partial charge >= 0.3 is 0 Å². The van der Waals surface area contributed by atoms with Gasteiger partial charge in [0.2, 0.25) is 5.91 Å². The van der Waals surface area contributed by atoms with Crippen LogP contribution in [0.15, 0.2) is 43.1 Å². The number of halogens is 1. The molecule has 0 unspecified atom stereocenters. The van der Waals surface area contributed by atoms with E-state index in [9.17, 15) is 9.18 Å². The minimum absolute atomic E-state index is 0.0499. The van der Waals surface area contributed by atoms with E-state index < -0.39 is 0 Å². The molecule has 27 heavy (non-hydrogen) atoms. The summed E-state index contributed by atoms with van der Waals surface area (Å²) in [4.78, 5) is 18.5. The van der Waals surface area contributed by atoms with E-state index in [1.165, 1.54) is 18.5 Å². The Morgan fingerprint density at radius 2 is 2.15 bits per heavy atom. The molecule has 1 aliphatic rings. The maximum absolute atomic E-state index is 13.6. The number of hydrogen-bond donors (Lipinski definition) is 1. The van der Waals surface area contributed by atoms with Crippen molar-refractivity contribution < 1.29 is 9.18 Å². The fourth-order valence-corrected chi connectivity index (χ4v) is 3.68. The van der Waals surface area contributed by atoms with E-state index in [4.69, 9.17) is 0 Å². The molecule has 0 aliphatic carbocycles. The quantitative estimate of drug-likeness (QED) is 0.768. The molecule has 0 radical (unpaired) electrons. The Morgan fingerprint density at radius 3 is 2.85 bits per heavy atom. The fraction of sp³-hybridized carbons (Fsp3) is 0.368. The van der Waals surface area contributed by atoms with Crippen LogP contribution in [0.2, 0.25) is 0 Å². The van der Waals surface area contributed by atoms with Gasteiger partial charge in [0.1, 0.15) is 24.5 Å². The van der Waals surface area contributed by atoms with Crippen molar-refractivity contribution >= 4 is 5.91 Å². The number of carbonyl (C=O) groups excluding carboxylic acids is 1. The van der Waals surface area contributed by atoms with Gasteiger partial charge < -0.3 is 4.90 Å². The van der Waals surface area contributed by atoms with Crippen molar-refractivity contribution in [3.05, 3.63) is 54.6 Å². The lowest BCUT2D eigenvalue weighted by atomic mass is 9.89. The standard InChI is InChI=1S/C19H21FN6O/c1-13(26-12-21-11-23-26)19(27)25-7-5-14(6-8-25)18-17(10-22-24-18)15-3-2-4-16(20)9-15/h2-4,9-14H,5-8H2,1H3,(H,22,24)/t13-/m1/s1. The second kappa shape index (κ2) is 7.30. The summed E-state index contributed by atoms with van der Waals surface area (Å²) in [5, 5.41) is 11.3. The van der Waals surface area contributed by atoms with Crippen LogP contribution in [0.3, 0.4) is 0 Å². The molecule has 1 aliphatic heterocycles. The highest BCUT2D eigenvalue weighted by atomic mass is 19.1. The Balaban J connectivity index is 1.45. The molecule has 0 spiro atoms. The van der Waals surface area contributed by atoms with E-state index in [0.29, 0.717) is 13.1 Å². The largest absolute Gasteiger partial charge is 0.341 e. The molecule has 4 rings (SSSR count). The van der Waals surface area contributed by atoms with E-state index in [0.717, 1.165) is 29.7 Å². The van der Waals surface area contributed by atoms with Crippen LogP contribution in [0.4, 0.5) is 4.39 Å². The highest BCUT2D eigenvalue weighted by Gasteiger charge is 2.29. The van der Waals surface area contributed by atoms with Gasteiger partial charge in [-0.15, -0.1) is 0 Å². The second-order valence-electron chi connectivity index (χ2n) is 6.86. The van der Waals surface area contributed by atoms with Gasteiger partial charge in [-0.1, -0.05) is 12.1 Å². The van der Waals surface area contributed by atoms with Crippen molar-refractivity contribution in [3.8, 4) is 11.1 Å². The molecule has 7 nitrogen and oxygen atoms in total. The van der Waals surface area contributed by atoms with Gasteiger partial charge in [0.25, 0.3) is 0 Å². The molecule has 1 aromatic carbocycles. The van der Waals surface area contributed by atoms with Crippen LogP contribution in [0.25, 0.3) is 11.1 Å². The molecule has 3 aromatic rings. The van der Waals surface area contributed by atoms with Crippen LogP contribution in [0.5, 0.6) is 0 Å². The third kappa shape index (κ3) is 3.47. The number of carbonyl (C=O) groups is 1. The first-order valence-corrected chi connectivity index (χ1v) is 9.05. The Kier molecular flexibility index (Phi) is 4.70. The molecule has 1 fully saturated rings. The van der Waals surface area contributed by atoms with Crippen LogP contribution in [-0.2, 0) is 4.79 Å². The number of nitrogens with zero attached hydrogens (tertiary/aromatic N) is 5. The number of nitrogens with one attached hydrogen (secondary N) is 1. The maximum Gasteiger partial charge on any atom is 0.247 e. The maximum atomic E-state index is 13.6. The SMILES string of the molecule is C[C@H](C(=O)N1CCC(c2[nH]ncc2-c2cccc(F)c2)CC1)n1cncn1. The molecule has 8 heteroatoms. The van der Waals surface area contributed by atoms with Crippen LogP contribution in [0.1, 0.15) is 37.4 Å². The predicted octanol–water partition coefficient (Wildman–Crippen LogP) is 2.77. The van der Waals surface area contributed by atoms with Gasteiger partial charge in [0, 0.05) is 30.3 Å². The summed E-state index contributed by atoms with van der Waals surface area (Å²) < 4.78 is 15.2. The molecule has 1 saturated heterocycles. The molecule has 3 heterocycles. The third-order valence-corrected chi connectivity index (χ3v) is 5.21. The first-order valence-electron chi connectivity index (χ1n) is 9.05. The van der Waals surface area contributed by atoms with Gasteiger partial charge in [-0.05, 0) is 37.5 Å². The lowest BCUT2D eigenvalue weighted by molar-refractivity contribution is -0.135. The summed E-state index contributed by atoms with van der Waals surface area (Å²) in [5.74, 6) is 0.0487. The van der Waals surface area contributed by atoms with E-state index in [1.54, 1.807) is 23.3 Å². The summed E-state index contributed by atoms with van der Waals surface area (Å²) in [5.41, 5.74) is 2.75. The number of likely N-dealkylation sites (tertiary alicyclic amines) is 1. The molecular weight excluding hydrogens is 347 g/mol. The number of hydrogen-bond acceptors (Lipinski definition) is 4. The number of amides is 1. The number of aromatic amines is 1. The zero-order valence-electron chi connectivity index (χ0n) is 15.0. The number of H-pyrrole nitrogens is 1. The van der Waals surface area contributed by atoms with Crippen molar-refractivity contribution in [1.29, 1.82) is 0 Å². The molecule has 1 amide bonds. The zero-order valence-corrected chi connectivity index (χ0v) is 15.0. The van der Waals surface area contributed by atoms with Crippen molar-refractivity contribution in [1.82, 2.24) is 29.9 Å². The van der Waals surface area contributed by atoms with Gasteiger partial charge in [-0.2, -0.15) is 10.2 Å². The lowest BCUT2D eigenvalue weighted by Gasteiger charge is -2.33. The Morgan fingerprint density at radius 1 is 1.33 bits per heavy atom. The van der Waals surface area contributed by atoms with Gasteiger partial charge in [0.15, 0.2) is 0 Å². The second-order valence-corrected chi connectivity index (χ2v) is 6.86. The van der Waals surface area contributed by atoms with Crippen LogP contribution in [0, 0.1) is 5.82 Å². The average molecular weight is 368 g/mol. The average Bonchev–Trinajstić information content (AvgIpc) is 3.39. The van der Waals surface area contributed by atoms with E-state index >= 15 is 0 Å². The number of piperidine rings is 1. The topological polar surface area (TPSA) is 79.7 Å². The molecule has 0 saturated carbocycles. The Hall–Kier alpha value is -3.03. The molecule has 140 valence electrons. The lowest BCUT2D eigenvalue weighted by Crippen LogP contribution is -2.41. The minimum Gasteiger partial charge on any atom is -0.341 e. The number of benzene rings is 1. The molecule has 1 N–H and O–H groups in total. The highest BCUT2D eigenvalue weighted by Crippen LogP contribution is 2.34. The highest BCUT2D eigenvalue weighted by molar-refractivity contribution is 5.80. The Labute approximate surface area is 156 Å². The van der Waals surface area contributed by atoms with Crippen LogP contribution < -0.4 is 0 Å². The summed E-state index contributed by atoms with van der Waals surface area (Å²) in [7, 11) is 0. The van der Waals surface area contributed by atoms with E-state index in [-0.39, 0.29) is 23.7 Å². The first kappa shape index (κ1) is 17.4. The smallest absolute Gasteiger partial charge is 0.247 e. The summed E-state index contributed by atoms with van der Waals surface area (Å²) in [6.45, 7) is 3.17. The van der Waals surface area contributed by atoms with Crippen molar-refractivity contribution in [2.75, 3.05) is 13.1 Å². The molecule has 0 bridgehead atoms. The summed E-state index contributed by atoms with van der Waals surface area (Å²) in [6, 6.07) is 6.18. The van der Waals surface area contributed by atoms with Crippen LogP contribution >= 0.6 is 0 Å². The minimum atomic E-state index is -0.362. The normalized spacial score (nSPS) is 16.4. The first-order chi connectivity index (χ1) is 13.1. The Bertz CT molecular complexity index is 914. The summed E-state index contributed by atoms with van der Waals surface area (Å²) >= 11 is 0. The number of rotatable bonds is 4. The van der Waals surface area contributed by atoms with Gasteiger partial charge in [0.05, 0.1) is 6.20 Å². The van der Waals surface area contributed by atoms with E-state index in [2.05, 4.69) is 20.3 Å². The van der Waals surface area contributed by atoms with Gasteiger partial charge in [-0.25, -0.2) is 14.1 Å². The van der Waals surface area contributed by atoms with E-state index in [1.807, 2.05) is 17.9 Å². The fourth-order valence-electron chi connectivity index (χ4n) is 3.68. The molecule has 2 aromatic heterocycles. The predicted molar refractivity (Wildman–Crippen MR) is 97.3 cm³/mol. The zero-order chi connectivity index (χ0) is 18.8.